The zero-order valence-electron chi connectivity index (χ0n) is 5.10. The maximum absolute atomic E-state index is 8.88. The van der Waals surface area contributed by atoms with E-state index in [-0.39, 0.29) is 63.6 Å². The van der Waals surface area contributed by atoms with Gasteiger partial charge in [0.1, 0.15) is 0 Å². The van der Waals surface area contributed by atoms with Gasteiger partial charge in [0.2, 0.25) is 0 Å². The molecule has 0 aliphatic rings. The molecule has 0 heterocycles. The quantitative estimate of drug-likeness (QED) is 0.153. The predicted molar refractivity (Wildman–Crippen MR) is 58.3 cm³/mol. The SMILES string of the molecule is O=P(O)(O)O.O=P(O)(O)O.[AsH3].[GaH3].[InH3]. The van der Waals surface area contributed by atoms with Crippen LogP contribution in [0.25, 0.3) is 0 Å². The minimum absolute atomic E-state index is 0. The predicted octanol–water partition coefficient (Wildman–Crippen LogP) is -5.41. The van der Waals surface area contributed by atoms with Gasteiger partial charge >= 0.3 is 79.2 Å². The molecule has 0 aliphatic carbocycles. The van der Waals surface area contributed by atoms with E-state index in [2.05, 4.69) is 0 Å². The molecule has 6 N–H and O–H groups in total. The molecular formula is H15AsGaInO8P2. The Balaban J connectivity index is -0.0000000267. The van der Waals surface area contributed by atoms with Crippen LogP contribution in [0.15, 0.2) is 0 Å². The molecule has 0 saturated heterocycles. The Bertz CT molecular complexity index is 134. The second kappa shape index (κ2) is 12.4. The van der Waals surface area contributed by atoms with Crippen LogP contribution >= 0.6 is 15.6 Å². The summed E-state index contributed by atoms with van der Waals surface area (Å²) in [6, 6.07) is 0. The van der Waals surface area contributed by atoms with Crippen molar-refractivity contribution in [2.45, 2.75) is 0 Å². The summed E-state index contributed by atoms with van der Waals surface area (Å²) >= 11 is 0. The third kappa shape index (κ3) is 413. The summed E-state index contributed by atoms with van der Waals surface area (Å²) in [5.74, 6) is 0. The average molecular weight is 465 g/mol. The first-order valence-corrected chi connectivity index (χ1v) is 4.70. The normalized spacial score (nSPS) is 9.08. The molecule has 1 unspecified atom stereocenters. The van der Waals surface area contributed by atoms with Crippen molar-refractivity contribution in [3.8, 4) is 0 Å². The molecule has 1 atom stereocenters. The summed E-state index contributed by atoms with van der Waals surface area (Å²) in [6.45, 7) is 0. The Hall–Kier alpha value is 2.28. The molecule has 0 aromatic carbocycles. The van der Waals surface area contributed by atoms with Crippen molar-refractivity contribution in [3.05, 3.63) is 0 Å². The summed E-state index contributed by atoms with van der Waals surface area (Å²) < 4.78 is 17.8. The van der Waals surface area contributed by atoms with E-state index in [9.17, 15) is 0 Å². The average Bonchev–Trinajstić information content (AvgIpc) is 1.12. The van der Waals surface area contributed by atoms with Gasteiger partial charge in [-0.05, 0) is 0 Å². The monoisotopic (exact) mass is 464 g/mol. The Kier molecular flexibility index (Phi) is 28.0. The molecule has 13 heavy (non-hydrogen) atoms. The van der Waals surface area contributed by atoms with Crippen molar-refractivity contribution in [2.24, 2.45) is 0 Å². The van der Waals surface area contributed by atoms with Gasteiger partial charge in [0.25, 0.3) is 0 Å². The van der Waals surface area contributed by atoms with Crippen molar-refractivity contribution in [1.29, 1.82) is 0 Å². The van der Waals surface area contributed by atoms with E-state index in [1.54, 1.807) is 0 Å². The maximum atomic E-state index is 8.88. The van der Waals surface area contributed by atoms with E-state index in [0.29, 0.717) is 0 Å². The number of phosphoric acid groups is 2. The minimum atomic E-state index is -4.64. The van der Waals surface area contributed by atoms with E-state index < -0.39 is 15.6 Å². The van der Waals surface area contributed by atoms with Crippen LogP contribution in [-0.4, -0.2) is 92.9 Å². The molecule has 0 bridgehead atoms. The molecule has 0 spiro atoms. The first kappa shape index (κ1) is 29.5. The van der Waals surface area contributed by atoms with E-state index >= 15 is 0 Å². The number of hydrogen-bond donors (Lipinski definition) is 6. The molecule has 0 aliphatic heterocycles. The van der Waals surface area contributed by atoms with Crippen LogP contribution in [0.3, 0.4) is 0 Å². The van der Waals surface area contributed by atoms with Crippen LogP contribution in [-0.2, 0) is 9.13 Å². The summed E-state index contributed by atoms with van der Waals surface area (Å²) in [4.78, 5) is 43.1. The van der Waals surface area contributed by atoms with Gasteiger partial charge in [-0.25, -0.2) is 9.13 Å². The van der Waals surface area contributed by atoms with Gasteiger partial charge in [0, 0.05) is 0 Å². The Morgan fingerprint density at radius 2 is 0.692 bits per heavy atom. The first-order valence-electron chi connectivity index (χ1n) is 1.57. The molecule has 13 heteroatoms. The molecule has 0 aromatic rings. The van der Waals surface area contributed by atoms with Gasteiger partial charge in [-0.1, -0.05) is 0 Å². The molecule has 0 radical (unpaired) electrons. The van der Waals surface area contributed by atoms with Crippen molar-refractivity contribution in [2.75, 3.05) is 0 Å². The van der Waals surface area contributed by atoms with Gasteiger partial charge in [0.15, 0.2) is 0 Å². The van der Waals surface area contributed by atoms with Crippen molar-refractivity contribution >= 4 is 79.2 Å². The molecule has 0 amide bonds. The van der Waals surface area contributed by atoms with Crippen LogP contribution in [0.5, 0.6) is 0 Å². The summed E-state index contributed by atoms with van der Waals surface area (Å²) in [5.41, 5.74) is 0. The van der Waals surface area contributed by atoms with Gasteiger partial charge < -0.3 is 29.4 Å². The Labute approximate surface area is 117 Å². The standard InChI is InChI=1S/AsH3.Ga.In.2H3O4P.6H/c;;;2*1-5(2,3)4;;;;;;/h1H3;;;2*(H3,1,2,3,4);;;;;;. The second-order valence-corrected chi connectivity index (χ2v) is 3.08. The Morgan fingerprint density at radius 3 is 0.692 bits per heavy atom. The fraction of sp³-hybridized carbons (Fsp3) is 0. The van der Waals surface area contributed by atoms with E-state index in [4.69, 9.17) is 38.5 Å². The zero-order valence-corrected chi connectivity index (χ0v) is 9.86. The van der Waals surface area contributed by atoms with Crippen LogP contribution < -0.4 is 0 Å². The van der Waals surface area contributed by atoms with E-state index in [0.717, 1.165) is 0 Å². The topological polar surface area (TPSA) is 156 Å². The molecule has 0 rings (SSSR count). The molecular weight excluding hydrogens is 449 g/mol. The van der Waals surface area contributed by atoms with Gasteiger partial charge in [0.05, 0.1) is 0 Å². The zero-order chi connectivity index (χ0) is 9.00. The van der Waals surface area contributed by atoms with Gasteiger partial charge in [-0.3, -0.25) is 0 Å². The van der Waals surface area contributed by atoms with E-state index in [1.807, 2.05) is 0 Å². The Morgan fingerprint density at radius 1 is 0.692 bits per heavy atom. The molecule has 0 aromatic heterocycles. The summed E-state index contributed by atoms with van der Waals surface area (Å²) in [5, 5.41) is 0. The first-order chi connectivity index (χ1) is 4.00. The third-order valence-electron chi connectivity index (χ3n) is 0. The number of hydrogen-bond acceptors (Lipinski definition) is 2. The summed E-state index contributed by atoms with van der Waals surface area (Å²) in [7, 11) is -9.28. The fourth-order valence-electron chi connectivity index (χ4n) is 0. The van der Waals surface area contributed by atoms with Crippen molar-refractivity contribution in [1.82, 2.24) is 0 Å². The molecule has 0 saturated carbocycles. The van der Waals surface area contributed by atoms with Crippen LogP contribution in [0.4, 0.5) is 0 Å². The fourth-order valence-corrected chi connectivity index (χ4v) is 0. The van der Waals surface area contributed by atoms with Crippen LogP contribution in [0.2, 0.25) is 0 Å². The van der Waals surface area contributed by atoms with Gasteiger partial charge in [-0.2, -0.15) is 0 Å². The summed E-state index contributed by atoms with van der Waals surface area (Å²) in [6.07, 6.45) is 0. The van der Waals surface area contributed by atoms with Crippen molar-refractivity contribution in [3.63, 3.8) is 0 Å². The van der Waals surface area contributed by atoms with E-state index in [1.165, 1.54) is 0 Å². The van der Waals surface area contributed by atoms with Crippen LogP contribution in [0.1, 0.15) is 0 Å². The third-order valence-corrected chi connectivity index (χ3v) is 0. The second-order valence-electron chi connectivity index (χ2n) is 1.03. The molecule has 0 fully saturated rings. The van der Waals surface area contributed by atoms with Crippen LogP contribution in [0, 0.1) is 0 Å². The van der Waals surface area contributed by atoms with Crippen molar-refractivity contribution < 1.29 is 38.5 Å². The van der Waals surface area contributed by atoms with Gasteiger partial charge in [-0.15, -0.1) is 0 Å². The number of rotatable bonds is 0. The molecule has 84 valence electrons. The molecule has 8 nitrogen and oxygen atoms in total.